The van der Waals surface area contributed by atoms with Gasteiger partial charge in [-0.2, -0.15) is 0 Å². The lowest BCUT2D eigenvalue weighted by atomic mass is 9.86. The lowest BCUT2D eigenvalue weighted by Gasteiger charge is -2.23. The lowest BCUT2D eigenvalue weighted by molar-refractivity contribution is -0.139. The number of carbonyl (C=O) groups is 2. The molecular weight excluding hydrogens is 284 g/mol. The van der Waals surface area contributed by atoms with Gasteiger partial charge in [-0.25, -0.2) is 0 Å². The van der Waals surface area contributed by atoms with E-state index in [1.807, 2.05) is 39.0 Å². The zero-order chi connectivity index (χ0) is 16.8. The molecule has 6 heteroatoms. The SMILES string of the molecule is COC(CNC(=O)C(=O)Nc1ccccc1C(C)(C)C)OC. The Hall–Kier alpha value is -1.92. The number of nitrogens with one attached hydrogen (secondary N) is 2. The highest BCUT2D eigenvalue weighted by atomic mass is 16.7. The van der Waals surface area contributed by atoms with E-state index in [9.17, 15) is 9.59 Å². The summed E-state index contributed by atoms with van der Waals surface area (Å²) in [7, 11) is 2.92. The number of hydrogen-bond donors (Lipinski definition) is 2. The van der Waals surface area contributed by atoms with Crippen LogP contribution in [0, 0.1) is 0 Å². The van der Waals surface area contributed by atoms with Gasteiger partial charge in [0.1, 0.15) is 0 Å². The predicted octanol–water partition coefficient (Wildman–Crippen LogP) is 1.66. The van der Waals surface area contributed by atoms with Crippen LogP contribution in [-0.4, -0.2) is 38.9 Å². The minimum absolute atomic E-state index is 0.0974. The molecule has 0 fully saturated rings. The van der Waals surface area contributed by atoms with Gasteiger partial charge in [0.15, 0.2) is 6.29 Å². The predicted molar refractivity (Wildman–Crippen MR) is 84.6 cm³/mol. The van der Waals surface area contributed by atoms with Gasteiger partial charge in [-0.1, -0.05) is 39.0 Å². The maximum atomic E-state index is 12.0. The standard InChI is InChI=1S/C16H24N2O4/c1-16(2,3)11-8-6-7-9-12(11)18-15(20)14(19)17-10-13(21-4)22-5/h6-9,13H,10H2,1-5H3,(H,17,19)(H,18,20). The third-order valence-corrected chi connectivity index (χ3v) is 3.14. The molecule has 0 radical (unpaired) electrons. The summed E-state index contributed by atoms with van der Waals surface area (Å²) in [6.07, 6.45) is -0.585. The van der Waals surface area contributed by atoms with E-state index < -0.39 is 18.1 Å². The maximum Gasteiger partial charge on any atom is 0.313 e. The highest BCUT2D eigenvalue weighted by molar-refractivity contribution is 6.39. The summed E-state index contributed by atoms with van der Waals surface area (Å²) in [5.74, 6) is -1.45. The molecule has 0 spiro atoms. The van der Waals surface area contributed by atoms with Gasteiger partial charge < -0.3 is 20.1 Å². The quantitative estimate of drug-likeness (QED) is 0.640. The van der Waals surface area contributed by atoms with E-state index in [-0.39, 0.29) is 12.0 Å². The Kier molecular flexibility index (Phi) is 6.52. The van der Waals surface area contributed by atoms with Crippen molar-refractivity contribution >= 4 is 17.5 Å². The number of hydrogen-bond acceptors (Lipinski definition) is 4. The first kappa shape index (κ1) is 18.1. The molecule has 1 aromatic carbocycles. The van der Waals surface area contributed by atoms with Crippen LogP contribution < -0.4 is 10.6 Å². The van der Waals surface area contributed by atoms with Crippen LogP contribution in [0.1, 0.15) is 26.3 Å². The molecule has 1 rings (SSSR count). The Morgan fingerprint density at radius 1 is 1.09 bits per heavy atom. The molecule has 122 valence electrons. The summed E-state index contributed by atoms with van der Waals surface area (Å²) >= 11 is 0. The molecule has 22 heavy (non-hydrogen) atoms. The molecule has 0 aliphatic carbocycles. The monoisotopic (exact) mass is 308 g/mol. The Morgan fingerprint density at radius 2 is 1.68 bits per heavy atom. The summed E-state index contributed by atoms with van der Waals surface area (Å²) in [6, 6.07) is 7.42. The molecular formula is C16H24N2O4. The summed E-state index contributed by atoms with van der Waals surface area (Å²) in [5, 5.41) is 5.11. The molecule has 2 amide bonds. The van der Waals surface area contributed by atoms with Gasteiger partial charge in [0.2, 0.25) is 0 Å². The Bertz CT molecular complexity index is 519. The summed E-state index contributed by atoms with van der Waals surface area (Å²) in [5.41, 5.74) is 1.45. The van der Waals surface area contributed by atoms with Crippen molar-refractivity contribution in [3.63, 3.8) is 0 Å². The van der Waals surface area contributed by atoms with Gasteiger partial charge in [0, 0.05) is 19.9 Å². The van der Waals surface area contributed by atoms with Crippen molar-refractivity contribution in [2.75, 3.05) is 26.1 Å². The average molecular weight is 308 g/mol. The zero-order valence-electron chi connectivity index (χ0n) is 13.7. The highest BCUT2D eigenvalue weighted by Gasteiger charge is 2.21. The van der Waals surface area contributed by atoms with E-state index in [4.69, 9.17) is 9.47 Å². The number of amides is 2. The molecule has 2 N–H and O–H groups in total. The van der Waals surface area contributed by atoms with E-state index >= 15 is 0 Å². The van der Waals surface area contributed by atoms with Crippen molar-refractivity contribution in [3.05, 3.63) is 29.8 Å². The normalized spacial score (nSPS) is 11.4. The van der Waals surface area contributed by atoms with Crippen LogP contribution in [0.25, 0.3) is 0 Å². The minimum Gasteiger partial charge on any atom is -0.354 e. The molecule has 0 bridgehead atoms. The fourth-order valence-corrected chi connectivity index (χ4v) is 1.94. The number of carbonyl (C=O) groups excluding carboxylic acids is 2. The van der Waals surface area contributed by atoms with Gasteiger partial charge in [0.05, 0.1) is 6.54 Å². The molecule has 6 nitrogen and oxygen atoms in total. The molecule has 0 saturated carbocycles. The van der Waals surface area contributed by atoms with Gasteiger partial charge >= 0.3 is 11.8 Å². The first-order valence-corrected chi connectivity index (χ1v) is 7.04. The second-order valence-electron chi connectivity index (χ2n) is 5.86. The molecule has 1 aromatic rings. The summed E-state index contributed by atoms with van der Waals surface area (Å²) < 4.78 is 9.89. The topological polar surface area (TPSA) is 76.7 Å². The largest absolute Gasteiger partial charge is 0.354 e. The fraction of sp³-hybridized carbons (Fsp3) is 0.500. The van der Waals surface area contributed by atoms with E-state index in [1.165, 1.54) is 14.2 Å². The van der Waals surface area contributed by atoms with Crippen molar-refractivity contribution in [3.8, 4) is 0 Å². The fourth-order valence-electron chi connectivity index (χ4n) is 1.94. The number of benzene rings is 1. The average Bonchev–Trinajstić information content (AvgIpc) is 2.47. The molecule has 0 saturated heterocycles. The molecule has 0 aromatic heterocycles. The van der Waals surface area contributed by atoms with Crippen LogP contribution >= 0.6 is 0 Å². The molecule has 0 unspecified atom stereocenters. The van der Waals surface area contributed by atoms with E-state index in [2.05, 4.69) is 10.6 Å². The van der Waals surface area contributed by atoms with Crippen LogP contribution in [0.2, 0.25) is 0 Å². The highest BCUT2D eigenvalue weighted by Crippen LogP contribution is 2.29. The van der Waals surface area contributed by atoms with Crippen LogP contribution in [0.3, 0.4) is 0 Å². The van der Waals surface area contributed by atoms with Crippen molar-refractivity contribution < 1.29 is 19.1 Å². The number of rotatable bonds is 5. The smallest absolute Gasteiger partial charge is 0.313 e. The van der Waals surface area contributed by atoms with Gasteiger partial charge in [-0.05, 0) is 17.0 Å². The van der Waals surface area contributed by atoms with Gasteiger partial charge in [-0.3, -0.25) is 9.59 Å². The third-order valence-electron chi connectivity index (χ3n) is 3.14. The number of ether oxygens (including phenoxy) is 2. The first-order chi connectivity index (χ1) is 10.3. The van der Waals surface area contributed by atoms with E-state index in [0.717, 1.165) is 5.56 Å². The Morgan fingerprint density at radius 3 is 2.23 bits per heavy atom. The number of methoxy groups -OCH3 is 2. The lowest BCUT2D eigenvalue weighted by Crippen LogP contribution is -2.40. The van der Waals surface area contributed by atoms with Crippen molar-refractivity contribution in [2.24, 2.45) is 0 Å². The van der Waals surface area contributed by atoms with Crippen LogP contribution in [0.5, 0.6) is 0 Å². The van der Waals surface area contributed by atoms with Crippen molar-refractivity contribution in [1.29, 1.82) is 0 Å². The second-order valence-corrected chi connectivity index (χ2v) is 5.86. The number of anilines is 1. The molecule has 0 heterocycles. The van der Waals surface area contributed by atoms with Crippen molar-refractivity contribution in [2.45, 2.75) is 32.5 Å². The third kappa shape index (κ3) is 5.13. The van der Waals surface area contributed by atoms with Crippen molar-refractivity contribution in [1.82, 2.24) is 5.32 Å². The Labute approximate surface area is 131 Å². The molecule has 0 aliphatic rings. The molecule has 0 aliphatic heterocycles. The summed E-state index contributed by atoms with van der Waals surface area (Å²) in [4.78, 5) is 23.8. The maximum absolute atomic E-state index is 12.0. The van der Waals surface area contributed by atoms with Crippen LogP contribution in [-0.2, 0) is 24.5 Å². The summed E-state index contributed by atoms with van der Waals surface area (Å²) in [6.45, 7) is 6.22. The van der Waals surface area contributed by atoms with E-state index in [1.54, 1.807) is 6.07 Å². The zero-order valence-corrected chi connectivity index (χ0v) is 13.7. The first-order valence-electron chi connectivity index (χ1n) is 7.04. The molecule has 0 atom stereocenters. The van der Waals surface area contributed by atoms with Gasteiger partial charge in [-0.15, -0.1) is 0 Å². The van der Waals surface area contributed by atoms with Crippen LogP contribution in [0.4, 0.5) is 5.69 Å². The van der Waals surface area contributed by atoms with E-state index in [0.29, 0.717) is 5.69 Å². The second kappa shape index (κ2) is 7.91. The Balaban J connectivity index is 2.71. The number of para-hydroxylation sites is 1. The van der Waals surface area contributed by atoms with Crippen LogP contribution in [0.15, 0.2) is 24.3 Å². The van der Waals surface area contributed by atoms with Gasteiger partial charge in [0.25, 0.3) is 0 Å². The minimum atomic E-state index is -0.734.